The summed E-state index contributed by atoms with van der Waals surface area (Å²) in [5.41, 5.74) is 3.89. The molecule has 2 nitrogen and oxygen atoms in total. The van der Waals surface area contributed by atoms with Gasteiger partial charge in [0.05, 0.1) is 6.61 Å². The minimum atomic E-state index is 0.152. The molecule has 1 aliphatic rings. The highest BCUT2D eigenvalue weighted by Gasteiger charge is 2.20. The average Bonchev–Trinajstić information content (AvgIpc) is 2.51. The molecule has 0 radical (unpaired) electrons. The number of carbonyl (C=O) groups excluding carboxylic acids is 1. The van der Waals surface area contributed by atoms with Crippen molar-refractivity contribution >= 4 is 11.9 Å². The van der Waals surface area contributed by atoms with Crippen LogP contribution in [0, 0.1) is 0 Å². The van der Waals surface area contributed by atoms with Gasteiger partial charge in [0, 0.05) is 11.1 Å². The first kappa shape index (κ1) is 13.6. The Morgan fingerprint density at radius 2 is 1.95 bits per heavy atom. The van der Waals surface area contributed by atoms with Crippen LogP contribution in [0.2, 0.25) is 0 Å². The van der Waals surface area contributed by atoms with Gasteiger partial charge in [0.15, 0.2) is 5.78 Å². The molecule has 0 bridgehead atoms. The quantitative estimate of drug-likeness (QED) is 0.782. The summed E-state index contributed by atoms with van der Waals surface area (Å²) >= 11 is 0. The second-order valence-electron chi connectivity index (χ2n) is 5.16. The number of ketones is 1. The van der Waals surface area contributed by atoms with Crippen molar-refractivity contribution in [3.8, 4) is 5.75 Å². The van der Waals surface area contributed by atoms with Gasteiger partial charge in [0.1, 0.15) is 5.75 Å². The Labute approximate surface area is 125 Å². The molecular weight excluding hydrogens is 260 g/mol. The highest BCUT2D eigenvalue weighted by atomic mass is 16.5. The van der Waals surface area contributed by atoms with Crippen molar-refractivity contribution in [1.29, 1.82) is 0 Å². The summed E-state index contributed by atoms with van der Waals surface area (Å²) in [5.74, 6) is 0.995. The predicted molar refractivity (Wildman–Crippen MR) is 84.7 cm³/mol. The number of ether oxygens (including phenoxy) is 1. The van der Waals surface area contributed by atoms with Gasteiger partial charge in [-0.3, -0.25) is 4.79 Å². The monoisotopic (exact) mass is 278 g/mol. The Kier molecular flexibility index (Phi) is 3.87. The van der Waals surface area contributed by atoms with E-state index in [9.17, 15) is 4.79 Å². The smallest absolute Gasteiger partial charge is 0.189 e. The fraction of sp³-hybridized carbons (Fsp3) is 0.211. The number of hydrogen-bond donors (Lipinski definition) is 0. The maximum atomic E-state index is 12.5. The molecule has 0 atom stereocenters. The molecule has 2 heteroatoms. The van der Waals surface area contributed by atoms with Crippen LogP contribution in [0.15, 0.2) is 54.1 Å². The largest absolute Gasteiger partial charge is 0.494 e. The zero-order valence-corrected chi connectivity index (χ0v) is 12.1. The maximum Gasteiger partial charge on any atom is 0.189 e. The average molecular weight is 278 g/mol. The van der Waals surface area contributed by atoms with Gasteiger partial charge >= 0.3 is 0 Å². The van der Waals surface area contributed by atoms with Crippen LogP contribution in [0.4, 0.5) is 0 Å². The molecule has 0 aliphatic heterocycles. The zero-order valence-electron chi connectivity index (χ0n) is 12.1. The van der Waals surface area contributed by atoms with Gasteiger partial charge in [-0.05, 0) is 49.1 Å². The van der Waals surface area contributed by atoms with Crippen LogP contribution in [0.1, 0.15) is 34.8 Å². The summed E-state index contributed by atoms with van der Waals surface area (Å²) in [6.45, 7) is 2.61. The summed E-state index contributed by atoms with van der Waals surface area (Å²) in [6.07, 6.45) is 3.72. The molecule has 0 spiro atoms. The highest BCUT2D eigenvalue weighted by molar-refractivity contribution is 6.13. The van der Waals surface area contributed by atoms with E-state index in [4.69, 9.17) is 4.74 Å². The molecule has 0 heterocycles. The number of hydrogen-bond acceptors (Lipinski definition) is 2. The minimum Gasteiger partial charge on any atom is -0.494 e. The SMILES string of the molecule is CCOc1cccc(/C=C2\CCc3ccccc3C2=O)c1. The van der Waals surface area contributed by atoms with Crippen molar-refractivity contribution in [3.63, 3.8) is 0 Å². The number of carbonyl (C=O) groups is 1. The van der Waals surface area contributed by atoms with E-state index in [1.165, 1.54) is 0 Å². The number of Topliss-reactive ketones (excluding diaryl/α,β-unsaturated/α-hetero) is 1. The lowest BCUT2D eigenvalue weighted by atomic mass is 9.86. The van der Waals surface area contributed by atoms with Crippen LogP contribution in [0.5, 0.6) is 5.75 Å². The first-order valence-corrected chi connectivity index (χ1v) is 7.34. The molecule has 21 heavy (non-hydrogen) atoms. The predicted octanol–water partition coefficient (Wildman–Crippen LogP) is 4.30. The Bertz CT molecular complexity index is 698. The van der Waals surface area contributed by atoms with Crippen LogP contribution >= 0.6 is 0 Å². The van der Waals surface area contributed by atoms with Gasteiger partial charge in [-0.25, -0.2) is 0 Å². The lowest BCUT2D eigenvalue weighted by Gasteiger charge is -2.17. The van der Waals surface area contributed by atoms with Gasteiger partial charge in [-0.1, -0.05) is 36.4 Å². The van der Waals surface area contributed by atoms with Crippen molar-refractivity contribution in [1.82, 2.24) is 0 Å². The second kappa shape index (κ2) is 5.96. The van der Waals surface area contributed by atoms with Crippen LogP contribution in [0.25, 0.3) is 6.08 Å². The van der Waals surface area contributed by atoms with Crippen LogP contribution in [0.3, 0.4) is 0 Å². The minimum absolute atomic E-state index is 0.152. The summed E-state index contributed by atoms with van der Waals surface area (Å²) < 4.78 is 5.50. The van der Waals surface area contributed by atoms with Crippen LogP contribution < -0.4 is 4.74 Å². The topological polar surface area (TPSA) is 26.3 Å². The molecule has 1 aliphatic carbocycles. The Balaban J connectivity index is 1.91. The first-order chi connectivity index (χ1) is 10.3. The second-order valence-corrected chi connectivity index (χ2v) is 5.16. The van der Waals surface area contributed by atoms with E-state index in [2.05, 4.69) is 0 Å². The Hall–Kier alpha value is -2.35. The highest BCUT2D eigenvalue weighted by Crippen LogP contribution is 2.27. The van der Waals surface area contributed by atoms with Crippen molar-refractivity contribution in [3.05, 3.63) is 70.8 Å². The molecule has 0 aromatic heterocycles. The molecule has 2 aromatic rings. The molecule has 3 rings (SSSR count). The number of aryl methyl sites for hydroxylation is 1. The fourth-order valence-corrected chi connectivity index (χ4v) is 2.72. The molecule has 0 unspecified atom stereocenters. The van der Waals surface area contributed by atoms with E-state index < -0.39 is 0 Å². The van der Waals surface area contributed by atoms with Crippen molar-refractivity contribution in [2.75, 3.05) is 6.61 Å². The summed E-state index contributed by atoms with van der Waals surface area (Å²) in [5, 5.41) is 0. The lowest BCUT2D eigenvalue weighted by molar-refractivity contribution is 0.102. The third-order valence-corrected chi connectivity index (χ3v) is 3.73. The van der Waals surface area contributed by atoms with Crippen molar-refractivity contribution in [2.24, 2.45) is 0 Å². The standard InChI is InChI=1S/C19H18O2/c1-2-21-17-8-5-6-14(13-17)12-16-11-10-15-7-3-4-9-18(15)19(16)20/h3-9,12-13H,2,10-11H2,1H3/b16-12+. The normalized spacial score (nSPS) is 15.9. The van der Waals surface area contributed by atoms with Gasteiger partial charge in [-0.2, -0.15) is 0 Å². The molecule has 0 saturated carbocycles. The lowest BCUT2D eigenvalue weighted by Crippen LogP contribution is -2.13. The zero-order chi connectivity index (χ0) is 14.7. The third kappa shape index (κ3) is 2.89. The van der Waals surface area contributed by atoms with Crippen molar-refractivity contribution < 1.29 is 9.53 Å². The third-order valence-electron chi connectivity index (χ3n) is 3.73. The van der Waals surface area contributed by atoms with Gasteiger partial charge in [0.2, 0.25) is 0 Å². The summed E-state index contributed by atoms with van der Waals surface area (Å²) in [4.78, 5) is 12.5. The first-order valence-electron chi connectivity index (χ1n) is 7.34. The molecule has 2 aromatic carbocycles. The van der Waals surface area contributed by atoms with E-state index in [-0.39, 0.29) is 5.78 Å². The summed E-state index contributed by atoms with van der Waals surface area (Å²) in [7, 11) is 0. The summed E-state index contributed by atoms with van der Waals surface area (Å²) in [6, 6.07) is 15.7. The van der Waals surface area contributed by atoms with E-state index in [0.29, 0.717) is 6.61 Å². The number of fused-ring (bicyclic) bond motifs is 1. The van der Waals surface area contributed by atoms with Gasteiger partial charge < -0.3 is 4.74 Å². The number of allylic oxidation sites excluding steroid dienone is 1. The Morgan fingerprint density at radius 1 is 1.10 bits per heavy atom. The van der Waals surface area contributed by atoms with Gasteiger partial charge in [0.25, 0.3) is 0 Å². The van der Waals surface area contributed by atoms with E-state index in [1.807, 2.05) is 61.5 Å². The molecule has 0 saturated heterocycles. The number of benzene rings is 2. The molecule has 106 valence electrons. The van der Waals surface area contributed by atoms with Crippen molar-refractivity contribution in [2.45, 2.75) is 19.8 Å². The van der Waals surface area contributed by atoms with E-state index >= 15 is 0 Å². The van der Waals surface area contributed by atoms with Crippen LogP contribution in [-0.4, -0.2) is 12.4 Å². The van der Waals surface area contributed by atoms with E-state index in [0.717, 1.165) is 40.9 Å². The molecule has 0 fully saturated rings. The maximum absolute atomic E-state index is 12.5. The molecular formula is C19H18O2. The molecule has 0 N–H and O–H groups in total. The molecule has 0 amide bonds. The number of rotatable bonds is 3. The Morgan fingerprint density at radius 3 is 2.81 bits per heavy atom. The van der Waals surface area contributed by atoms with Gasteiger partial charge in [-0.15, -0.1) is 0 Å². The van der Waals surface area contributed by atoms with E-state index in [1.54, 1.807) is 0 Å². The fourth-order valence-electron chi connectivity index (χ4n) is 2.72. The van der Waals surface area contributed by atoms with Crippen LogP contribution in [-0.2, 0) is 6.42 Å².